The Morgan fingerprint density at radius 1 is 1.04 bits per heavy atom. The molecule has 0 N–H and O–H groups in total. The van der Waals surface area contributed by atoms with Crippen LogP contribution in [0.4, 0.5) is 0 Å². The lowest BCUT2D eigenvalue weighted by Crippen LogP contribution is -2.47. The monoisotopic (exact) mass is 376 g/mol. The molecule has 140 valence electrons. The van der Waals surface area contributed by atoms with Gasteiger partial charge in [-0.25, -0.2) is 0 Å². The molecule has 0 fully saturated rings. The Kier molecular flexibility index (Phi) is 7.27. The molecular formula is C20H25ClN2O3. The second-order valence-electron chi connectivity index (χ2n) is 6.49. The van der Waals surface area contributed by atoms with Gasteiger partial charge in [-0.3, -0.25) is 9.59 Å². The Balaban J connectivity index is 2.16. The summed E-state index contributed by atoms with van der Waals surface area (Å²) in [7, 11) is 0. The first-order chi connectivity index (χ1) is 12.4. The molecule has 1 aromatic carbocycles. The van der Waals surface area contributed by atoms with Crippen molar-refractivity contribution in [3.8, 4) is 0 Å². The topological polar surface area (TPSA) is 53.8 Å². The average molecular weight is 377 g/mol. The molecular weight excluding hydrogens is 352 g/mol. The van der Waals surface area contributed by atoms with E-state index in [0.717, 1.165) is 5.56 Å². The number of furan rings is 1. The molecule has 0 radical (unpaired) electrons. The molecule has 1 unspecified atom stereocenters. The highest BCUT2D eigenvalue weighted by molar-refractivity contribution is 6.30. The van der Waals surface area contributed by atoms with Crippen LogP contribution < -0.4 is 0 Å². The number of carbonyl (C=O) groups excluding carboxylic acids is 2. The minimum atomic E-state index is -0.669. The van der Waals surface area contributed by atoms with Crippen LogP contribution in [-0.2, 0) is 22.7 Å². The number of alkyl halides is 1. The predicted molar refractivity (Wildman–Crippen MR) is 102 cm³/mol. The van der Waals surface area contributed by atoms with E-state index in [0.29, 0.717) is 18.8 Å². The summed E-state index contributed by atoms with van der Waals surface area (Å²) in [5.41, 5.74) is 1.01. The third-order valence-corrected chi connectivity index (χ3v) is 4.23. The van der Waals surface area contributed by atoms with E-state index in [-0.39, 0.29) is 24.4 Å². The average Bonchev–Trinajstić information content (AvgIpc) is 3.12. The van der Waals surface area contributed by atoms with E-state index in [4.69, 9.17) is 16.0 Å². The van der Waals surface area contributed by atoms with Gasteiger partial charge in [0, 0.05) is 12.6 Å². The lowest BCUT2D eigenvalue weighted by Gasteiger charge is -2.30. The highest BCUT2D eigenvalue weighted by atomic mass is 35.5. The molecule has 1 atom stereocenters. The van der Waals surface area contributed by atoms with E-state index in [1.54, 1.807) is 24.2 Å². The van der Waals surface area contributed by atoms with E-state index in [1.807, 2.05) is 50.2 Å². The maximum absolute atomic E-state index is 13.0. The summed E-state index contributed by atoms with van der Waals surface area (Å²) in [5.74, 6) is 0.305. The normalized spacial score (nSPS) is 12.0. The summed E-state index contributed by atoms with van der Waals surface area (Å²) < 4.78 is 5.39. The standard InChI is InChI=1S/C20H25ClN2O3/c1-15(2)23(20(25)16(3)21)14-19(24)22(13-18-10-7-11-26-18)12-17-8-5-4-6-9-17/h4-11,15-16H,12-14H2,1-3H3. The van der Waals surface area contributed by atoms with Crippen LogP contribution in [0.25, 0.3) is 0 Å². The van der Waals surface area contributed by atoms with Crippen LogP contribution >= 0.6 is 11.6 Å². The number of rotatable bonds is 8. The number of hydrogen-bond acceptors (Lipinski definition) is 3. The van der Waals surface area contributed by atoms with E-state index < -0.39 is 5.38 Å². The smallest absolute Gasteiger partial charge is 0.242 e. The summed E-state index contributed by atoms with van der Waals surface area (Å²) in [6.07, 6.45) is 1.58. The highest BCUT2D eigenvalue weighted by Crippen LogP contribution is 2.13. The molecule has 6 heteroatoms. The van der Waals surface area contributed by atoms with E-state index >= 15 is 0 Å². The summed E-state index contributed by atoms with van der Waals surface area (Å²) in [4.78, 5) is 28.5. The Morgan fingerprint density at radius 2 is 1.73 bits per heavy atom. The fourth-order valence-corrected chi connectivity index (χ4v) is 2.74. The van der Waals surface area contributed by atoms with Crippen molar-refractivity contribution in [1.29, 1.82) is 0 Å². The number of hydrogen-bond donors (Lipinski definition) is 0. The number of carbonyl (C=O) groups is 2. The zero-order valence-corrected chi connectivity index (χ0v) is 16.1. The van der Waals surface area contributed by atoms with Gasteiger partial charge in [0.25, 0.3) is 0 Å². The quantitative estimate of drug-likeness (QED) is 0.660. The van der Waals surface area contributed by atoms with Gasteiger partial charge in [-0.2, -0.15) is 0 Å². The van der Waals surface area contributed by atoms with E-state index in [2.05, 4.69) is 0 Å². The largest absolute Gasteiger partial charge is 0.467 e. The van der Waals surface area contributed by atoms with Crippen LogP contribution in [0.15, 0.2) is 53.1 Å². The van der Waals surface area contributed by atoms with Gasteiger partial charge in [0.05, 0.1) is 12.8 Å². The minimum Gasteiger partial charge on any atom is -0.467 e. The van der Waals surface area contributed by atoms with Crippen LogP contribution in [0.1, 0.15) is 32.1 Å². The Labute approximate surface area is 159 Å². The maximum Gasteiger partial charge on any atom is 0.242 e. The molecule has 0 aliphatic heterocycles. The first-order valence-electron chi connectivity index (χ1n) is 8.67. The molecule has 1 heterocycles. The molecule has 0 aliphatic carbocycles. The van der Waals surface area contributed by atoms with Gasteiger partial charge in [0.1, 0.15) is 17.7 Å². The lowest BCUT2D eigenvalue weighted by atomic mass is 10.2. The summed E-state index contributed by atoms with van der Waals surface area (Å²) in [6.45, 7) is 6.14. The summed E-state index contributed by atoms with van der Waals surface area (Å²) in [5, 5.41) is -0.669. The van der Waals surface area contributed by atoms with Crippen LogP contribution in [0.3, 0.4) is 0 Å². The molecule has 2 rings (SSSR count). The fraction of sp³-hybridized carbons (Fsp3) is 0.400. The van der Waals surface area contributed by atoms with Crippen molar-refractivity contribution in [2.45, 2.75) is 45.3 Å². The molecule has 2 amide bonds. The Hall–Kier alpha value is -2.27. The van der Waals surface area contributed by atoms with E-state index in [1.165, 1.54) is 4.90 Å². The molecule has 0 aliphatic rings. The van der Waals surface area contributed by atoms with Crippen molar-refractivity contribution in [1.82, 2.24) is 9.80 Å². The van der Waals surface area contributed by atoms with Gasteiger partial charge < -0.3 is 14.2 Å². The number of nitrogens with zero attached hydrogens (tertiary/aromatic N) is 2. The van der Waals surface area contributed by atoms with Crippen LogP contribution in [0, 0.1) is 0 Å². The fourth-order valence-electron chi connectivity index (χ4n) is 2.62. The van der Waals surface area contributed by atoms with Crippen LogP contribution in [-0.4, -0.2) is 39.6 Å². The molecule has 5 nitrogen and oxygen atoms in total. The van der Waals surface area contributed by atoms with Crippen LogP contribution in [0.5, 0.6) is 0 Å². The van der Waals surface area contributed by atoms with Crippen molar-refractivity contribution in [3.63, 3.8) is 0 Å². The first kappa shape index (κ1) is 20.0. The van der Waals surface area contributed by atoms with Crippen LogP contribution in [0.2, 0.25) is 0 Å². The molecule has 0 spiro atoms. The van der Waals surface area contributed by atoms with Crippen molar-refractivity contribution in [2.24, 2.45) is 0 Å². The zero-order chi connectivity index (χ0) is 19.1. The van der Waals surface area contributed by atoms with Gasteiger partial charge in [-0.1, -0.05) is 30.3 Å². The van der Waals surface area contributed by atoms with Gasteiger partial charge in [0.2, 0.25) is 11.8 Å². The number of benzene rings is 1. The molecule has 0 saturated carbocycles. The summed E-state index contributed by atoms with van der Waals surface area (Å²) in [6, 6.07) is 13.2. The van der Waals surface area contributed by atoms with Gasteiger partial charge in [-0.05, 0) is 38.5 Å². The van der Waals surface area contributed by atoms with Crippen molar-refractivity contribution >= 4 is 23.4 Å². The molecule has 1 aromatic heterocycles. The van der Waals surface area contributed by atoms with Gasteiger partial charge in [-0.15, -0.1) is 11.6 Å². The molecule has 0 saturated heterocycles. The molecule has 26 heavy (non-hydrogen) atoms. The van der Waals surface area contributed by atoms with Gasteiger partial charge in [0.15, 0.2) is 0 Å². The first-order valence-corrected chi connectivity index (χ1v) is 9.10. The SMILES string of the molecule is CC(Cl)C(=O)N(CC(=O)N(Cc1ccccc1)Cc1ccco1)C(C)C. The second kappa shape index (κ2) is 9.43. The predicted octanol–water partition coefficient (Wildman–Crippen LogP) is 3.67. The van der Waals surface area contributed by atoms with Gasteiger partial charge >= 0.3 is 0 Å². The maximum atomic E-state index is 13.0. The third-order valence-electron chi connectivity index (χ3n) is 4.05. The minimum absolute atomic E-state index is 0.0128. The second-order valence-corrected chi connectivity index (χ2v) is 7.15. The molecule has 2 aromatic rings. The molecule has 0 bridgehead atoms. The zero-order valence-electron chi connectivity index (χ0n) is 15.4. The number of amides is 2. The van der Waals surface area contributed by atoms with Crippen molar-refractivity contribution in [3.05, 3.63) is 60.1 Å². The lowest BCUT2D eigenvalue weighted by molar-refractivity contribution is -0.142. The third kappa shape index (κ3) is 5.63. The highest BCUT2D eigenvalue weighted by Gasteiger charge is 2.26. The summed E-state index contributed by atoms with van der Waals surface area (Å²) >= 11 is 5.94. The van der Waals surface area contributed by atoms with Crippen molar-refractivity contribution < 1.29 is 14.0 Å². The number of halogens is 1. The Bertz CT molecular complexity index is 699. The van der Waals surface area contributed by atoms with E-state index in [9.17, 15) is 9.59 Å². The Morgan fingerprint density at radius 3 is 2.27 bits per heavy atom. The van der Waals surface area contributed by atoms with Crippen molar-refractivity contribution in [2.75, 3.05) is 6.54 Å².